The average Bonchev–Trinajstić information content (AvgIpc) is 3.18. The third-order valence-corrected chi connectivity index (χ3v) is 5.02. The largest absolute Gasteiger partial charge is 0.416 e. The molecule has 0 aliphatic carbocycles. The zero-order valence-corrected chi connectivity index (χ0v) is 14.9. The fraction of sp³-hybridized carbons (Fsp3) is 0. The predicted octanol–water partition coefficient (Wildman–Crippen LogP) is 3.72. The minimum Gasteiger partial charge on any atom is -0.416 e. The average molecular weight is 377 g/mol. The van der Waals surface area contributed by atoms with Gasteiger partial charge >= 0.3 is 0 Å². The van der Waals surface area contributed by atoms with Gasteiger partial charge in [-0.15, -0.1) is 10.2 Å². The summed E-state index contributed by atoms with van der Waals surface area (Å²) in [5.74, 6) is 0.693. The molecule has 6 nitrogen and oxygen atoms in total. The van der Waals surface area contributed by atoms with Gasteiger partial charge in [-0.1, -0.05) is 42.5 Å². The zero-order chi connectivity index (χ0) is 18.9. The Morgan fingerprint density at radius 2 is 1.07 bits per heavy atom. The Hall–Kier alpha value is -3.29. The Morgan fingerprint density at radius 3 is 1.59 bits per heavy atom. The van der Waals surface area contributed by atoms with Gasteiger partial charge in [0, 0.05) is 11.1 Å². The summed E-state index contributed by atoms with van der Waals surface area (Å²) in [6.07, 6.45) is 0. The zero-order valence-electron chi connectivity index (χ0n) is 14.1. The van der Waals surface area contributed by atoms with Crippen molar-refractivity contribution < 1.29 is 12.8 Å². The van der Waals surface area contributed by atoms with E-state index in [1.807, 2.05) is 54.6 Å². The Kier molecular flexibility index (Phi) is 4.31. The number of primary sulfonamides is 1. The molecule has 134 valence electrons. The van der Waals surface area contributed by atoms with Crippen LogP contribution in [0, 0.1) is 0 Å². The summed E-state index contributed by atoms with van der Waals surface area (Å²) in [5, 5.41) is 13.2. The standard InChI is InChI=1S/C20H15N3O3S/c21-27(24,25)18-12-10-17(11-13-18)20-23-22-19(26-20)16-8-6-15(7-9-16)14-4-2-1-3-5-14/h1-13H,(H2,21,24,25). The number of benzene rings is 3. The van der Waals surface area contributed by atoms with E-state index >= 15 is 0 Å². The van der Waals surface area contributed by atoms with Crippen LogP contribution in [0.4, 0.5) is 0 Å². The smallest absolute Gasteiger partial charge is 0.248 e. The van der Waals surface area contributed by atoms with Crippen LogP contribution in [-0.4, -0.2) is 18.6 Å². The SMILES string of the molecule is NS(=O)(=O)c1ccc(-c2nnc(-c3ccc(-c4ccccc4)cc3)o2)cc1. The number of nitrogens with two attached hydrogens (primary N) is 1. The van der Waals surface area contributed by atoms with Gasteiger partial charge in [-0.2, -0.15) is 0 Å². The quantitative estimate of drug-likeness (QED) is 0.584. The van der Waals surface area contributed by atoms with Gasteiger partial charge in [0.2, 0.25) is 21.8 Å². The van der Waals surface area contributed by atoms with Gasteiger partial charge in [-0.05, 0) is 47.5 Å². The van der Waals surface area contributed by atoms with Crippen LogP contribution in [0.25, 0.3) is 34.0 Å². The molecule has 0 saturated carbocycles. The lowest BCUT2D eigenvalue weighted by atomic mass is 10.0. The molecule has 4 rings (SSSR count). The summed E-state index contributed by atoms with van der Waals surface area (Å²) in [5.41, 5.74) is 3.64. The maximum absolute atomic E-state index is 11.3. The summed E-state index contributed by atoms with van der Waals surface area (Å²) in [6.45, 7) is 0. The molecule has 0 radical (unpaired) electrons. The molecule has 0 amide bonds. The lowest BCUT2D eigenvalue weighted by Crippen LogP contribution is -2.11. The van der Waals surface area contributed by atoms with Gasteiger partial charge in [-0.3, -0.25) is 0 Å². The summed E-state index contributed by atoms with van der Waals surface area (Å²) in [4.78, 5) is 0.0301. The number of hydrogen-bond donors (Lipinski definition) is 1. The minimum atomic E-state index is -3.73. The van der Waals surface area contributed by atoms with Crippen LogP contribution < -0.4 is 5.14 Å². The lowest BCUT2D eigenvalue weighted by molar-refractivity contribution is 0.584. The maximum Gasteiger partial charge on any atom is 0.248 e. The number of hydrogen-bond acceptors (Lipinski definition) is 5. The van der Waals surface area contributed by atoms with E-state index in [1.54, 1.807) is 12.1 Å². The minimum absolute atomic E-state index is 0.0301. The van der Waals surface area contributed by atoms with E-state index in [-0.39, 0.29) is 4.90 Å². The van der Waals surface area contributed by atoms with Crippen molar-refractivity contribution in [3.05, 3.63) is 78.9 Å². The number of nitrogens with zero attached hydrogens (tertiary/aromatic N) is 2. The van der Waals surface area contributed by atoms with Gasteiger partial charge in [0.25, 0.3) is 0 Å². The highest BCUT2D eigenvalue weighted by molar-refractivity contribution is 7.89. The van der Waals surface area contributed by atoms with Crippen LogP contribution in [0.5, 0.6) is 0 Å². The highest BCUT2D eigenvalue weighted by Gasteiger charge is 2.13. The van der Waals surface area contributed by atoms with Crippen molar-refractivity contribution in [2.45, 2.75) is 4.90 Å². The molecule has 2 N–H and O–H groups in total. The third-order valence-electron chi connectivity index (χ3n) is 4.09. The van der Waals surface area contributed by atoms with Gasteiger partial charge in [0.05, 0.1) is 4.90 Å². The van der Waals surface area contributed by atoms with E-state index in [4.69, 9.17) is 9.56 Å². The Morgan fingerprint density at radius 1 is 0.630 bits per heavy atom. The molecule has 27 heavy (non-hydrogen) atoms. The van der Waals surface area contributed by atoms with Crippen molar-refractivity contribution in [1.82, 2.24) is 10.2 Å². The molecule has 1 heterocycles. The van der Waals surface area contributed by atoms with E-state index in [0.717, 1.165) is 16.7 Å². The number of rotatable bonds is 4. The molecular formula is C20H15N3O3S. The maximum atomic E-state index is 11.3. The van der Waals surface area contributed by atoms with Crippen molar-refractivity contribution in [1.29, 1.82) is 0 Å². The van der Waals surface area contributed by atoms with Crippen molar-refractivity contribution in [3.63, 3.8) is 0 Å². The summed E-state index contributed by atoms with van der Waals surface area (Å²) in [6, 6.07) is 23.9. The molecule has 0 bridgehead atoms. The van der Waals surface area contributed by atoms with E-state index in [1.165, 1.54) is 12.1 Å². The second-order valence-corrected chi connectivity index (χ2v) is 7.49. The molecule has 0 saturated heterocycles. The summed E-state index contributed by atoms with van der Waals surface area (Å²) in [7, 11) is -3.73. The van der Waals surface area contributed by atoms with Crippen LogP contribution in [0.1, 0.15) is 0 Å². The van der Waals surface area contributed by atoms with Crippen molar-refractivity contribution in [2.75, 3.05) is 0 Å². The molecule has 4 aromatic rings. The Balaban J connectivity index is 1.59. The molecule has 0 spiro atoms. The van der Waals surface area contributed by atoms with E-state index < -0.39 is 10.0 Å². The topological polar surface area (TPSA) is 99.1 Å². The first-order valence-electron chi connectivity index (χ1n) is 8.13. The first kappa shape index (κ1) is 17.1. The molecular weight excluding hydrogens is 362 g/mol. The molecule has 0 aliphatic heterocycles. The van der Waals surface area contributed by atoms with Crippen molar-refractivity contribution in [3.8, 4) is 34.0 Å². The molecule has 7 heteroatoms. The van der Waals surface area contributed by atoms with Crippen LogP contribution in [0.2, 0.25) is 0 Å². The third kappa shape index (κ3) is 3.64. The van der Waals surface area contributed by atoms with E-state index in [2.05, 4.69) is 10.2 Å². The fourth-order valence-corrected chi connectivity index (χ4v) is 3.20. The molecule has 0 fully saturated rings. The first-order chi connectivity index (χ1) is 13.0. The van der Waals surface area contributed by atoms with E-state index in [9.17, 15) is 8.42 Å². The molecule has 0 aliphatic rings. The Bertz CT molecular complexity index is 1170. The second-order valence-electron chi connectivity index (χ2n) is 5.93. The van der Waals surface area contributed by atoms with Crippen LogP contribution >= 0.6 is 0 Å². The molecule has 0 unspecified atom stereocenters. The van der Waals surface area contributed by atoms with Gasteiger partial charge < -0.3 is 4.42 Å². The van der Waals surface area contributed by atoms with E-state index in [0.29, 0.717) is 17.3 Å². The summed E-state index contributed by atoms with van der Waals surface area (Å²) >= 11 is 0. The monoisotopic (exact) mass is 377 g/mol. The van der Waals surface area contributed by atoms with Gasteiger partial charge in [0.1, 0.15) is 0 Å². The van der Waals surface area contributed by atoms with Gasteiger partial charge in [-0.25, -0.2) is 13.6 Å². The number of aromatic nitrogens is 2. The van der Waals surface area contributed by atoms with Crippen molar-refractivity contribution >= 4 is 10.0 Å². The fourth-order valence-electron chi connectivity index (χ4n) is 2.68. The molecule has 1 aromatic heterocycles. The van der Waals surface area contributed by atoms with Crippen molar-refractivity contribution in [2.24, 2.45) is 5.14 Å². The molecule has 0 atom stereocenters. The second kappa shape index (κ2) is 6.79. The first-order valence-corrected chi connectivity index (χ1v) is 9.68. The normalized spacial score (nSPS) is 11.4. The highest BCUT2D eigenvalue weighted by atomic mass is 32.2. The Labute approximate surface area is 156 Å². The highest BCUT2D eigenvalue weighted by Crippen LogP contribution is 2.27. The van der Waals surface area contributed by atoms with Crippen LogP contribution in [0.3, 0.4) is 0 Å². The van der Waals surface area contributed by atoms with Gasteiger partial charge in [0.15, 0.2) is 0 Å². The predicted molar refractivity (Wildman–Crippen MR) is 102 cm³/mol. The summed E-state index contributed by atoms with van der Waals surface area (Å²) < 4.78 is 28.4. The lowest BCUT2D eigenvalue weighted by Gasteiger charge is -2.02. The number of sulfonamides is 1. The van der Waals surface area contributed by atoms with Crippen LogP contribution in [0.15, 0.2) is 88.2 Å². The molecule has 3 aromatic carbocycles. The van der Waals surface area contributed by atoms with Crippen LogP contribution in [-0.2, 0) is 10.0 Å².